The normalized spacial score (nSPS) is 26.6. The number of anilines is 1. The van der Waals surface area contributed by atoms with Gasteiger partial charge < -0.3 is 19.6 Å². The lowest BCUT2D eigenvalue weighted by molar-refractivity contribution is -0.143. The molecule has 1 aromatic rings. The summed E-state index contributed by atoms with van der Waals surface area (Å²) in [7, 11) is 1.64. The highest BCUT2D eigenvalue weighted by Gasteiger charge is 2.41. The van der Waals surface area contributed by atoms with Crippen molar-refractivity contribution in [3.63, 3.8) is 0 Å². The number of rotatable bonds is 4. The van der Waals surface area contributed by atoms with Crippen LogP contribution < -0.4 is 4.90 Å². The monoisotopic (exact) mass is 333 g/mol. The molecule has 0 unspecified atom stereocenters. The standard InChI is InChI=1S/C18H27N3O3/c1-14-11-21(16-5-3-4-8-19-16)12-15(14)17(23)20-9-6-18(13-22,24-2)7-10-20/h3-5,8,14-15,22H,6-7,9-13H2,1-2H3/t14-,15-/m1/s1. The lowest BCUT2D eigenvalue weighted by Gasteiger charge is -2.40. The van der Waals surface area contributed by atoms with Crippen LogP contribution in [-0.2, 0) is 9.53 Å². The van der Waals surface area contributed by atoms with E-state index in [-0.39, 0.29) is 18.4 Å². The lowest BCUT2D eigenvalue weighted by atomic mass is 9.90. The molecule has 132 valence electrons. The fourth-order valence-electron chi connectivity index (χ4n) is 3.81. The summed E-state index contributed by atoms with van der Waals surface area (Å²) in [5.74, 6) is 1.49. The minimum absolute atomic E-state index is 0.0103. The Hall–Kier alpha value is -1.66. The first-order valence-corrected chi connectivity index (χ1v) is 8.69. The third-order valence-electron chi connectivity index (χ3n) is 5.61. The smallest absolute Gasteiger partial charge is 0.227 e. The lowest BCUT2D eigenvalue weighted by Crippen LogP contribution is -2.51. The Bertz CT molecular complexity index is 552. The van der Waals surface area contributed by atoms with Gasteiger partial charge in [0.25, 0.3) is 0 Å². The molecule has 0 spiro atoms. The van der Waals surface area contributed by atoms with Gasteiger partial charge >= 0.3 is 0 Å². The molecular formula is C18H27N3O3. The fraction of sp³-hybridized carbons (Fsp3) is 0.667. The molecule has 24 heavy (non-hydrogen) atoms. The van der Waals surface area contributed by atoms with Crippen molar-refractivity contribution in [3.8, 4) is 0 Å². The third kappa shape index (κ3) is 3.26. The number of hydrogen-bond donors (Lipinski definition) is 1. The van der Waals surface area contributed by atoms with Crippen molar-refractivity contribution in [3.05, 3.63) is 24.4 Å². The summed E-state index contributed by atoms with van der Waals surface area (Å²) in [5, 5.41) is 9.54. The molecule has 6 heteroatoms. The van der Waals surface area contributed by atoms with E-state index in [9.17, 15) is 9.90 Å². The molecule has 2 aliphatic heterocycles. The van der Waals surface area contributed by atoms with Crippen molar-refractivity contribution in [2.45, 2.75) is 25.4 Å². The first kappa shape index (κ1) is 17.2. The topological polar surface area (TPSA) is 65.9 Å². The number of carbonyl (C=O) groups is 1. The number of nitrogens with zero attached hydrogens (tertiary/aromatic N) is 3. The van der Waals surface area contributed by atoms with Gasteiger partial charge in [-0.05, 0) is 30.9 Å². The van der Waals surface area contributed by atoms with Crippen LogP contribution in [-0.4, -0.2) is 66.4 Å². The van der Waals surface area contributed by atoms with Crippen molar-refractivity contribution in [1.29, 1.82) is 0 Å². The maximum Gasteiger partial charge on any atom is 0.227 e. The zero-order chi connectivity index (χ0) is 17.2. The quantitative estimate of drug-likeness (QED) is 0.895. The molecule has 2 fully saturated rings. The van der Waals surface area contributed by atoms with Crippen LogP contribution in [0.4, 0.5) is 5.82 Å². The highest BCUT2D eigenvalue weighted by atomic mass is 16.5. The van der Waals surface area contributed by atoms with Gasteiger partial charge in [0.2, 0.25) is 5.91 Å². The minimum Gasteiger partial charge on any atom is -0.393 e. The maximum atomic E-state index is 13.0. The maximum absolute atomic E-state index is 13.0. The summed E-state index contributed by atoms with van der Waals surface area (Å²) >= 11 is 0. The number of pyridine rings is 1. The largest absolute Gasteiger partial charge is 0.393 e. The first-order chi connectivity index (χ1) is 11.6. The van der Waals surface area contributed by atoms with Crippen molar-refractivity contribution < 1.29 is 14.6 Å². The Balaban J connectivity index is 1.62. The number of ether oxygens (including phenoxy) is 1. The van der Waals surface area contributed by atoms with Crippen molar-refractivity contribution in [2.24, 2.45) is 11.8 Å². The van der Waals surface area contributed by atoms with Crippen molar-refractivity contribution in [2.75, 3.05) is 44.8 Å². The summed E-state index contributed by atoms with van der Waals surface area (Å²) in [6, 6.07) is 5.88. The minimum atomic E-state index is -0.474. The second kappa shape index (κ2) is 7.07. The summed E-state index contributed by atoms with van der Waals surface area (Å²) in [5.41, 5.74) is -0.474. The fourth-order valence-corrected chi connectivity index (χ4v) is 3.81. The number of aliphatic hydroxyl groups excluding tert-OH is 1. The molecule has 6 nitrogen and oxygen atoms in total. The number of hydrogen-bond acceptors (Lipinski definition) is 5. The molecule has 0 radical (unpaired) electrons. The van der Waals surface area contributed by atoms with Gasteiger partial charge in [-0.15, -0.1) is 0 Å². The average molecular weight is 333 g/mol. The van der Waals surface area contributed by atoms with E-state index in [1.165, 1.54) is 0 Å². The Morgan fingerprint density at radius 2 is 2.12 bits per heavy atom. The van der Waals surface area contributed by atoms with E-state index in [0.29, 0.717) is 31.8 Å². The van der Waals surface area contributed by atoms with Gasteiger partial charge in [-0.25, -0.2) is 4.98 Å². The predicted molar refractivity (Wildman–Crippen MR) is 91.7 cm³/mol. The summed E-state index contributed by atoms with van der Waals surface area (Å²) in [6.07, 6.45) is 3.17. The number of likely N-dealkylation sites (tertiary alicyclic amines) is 1. The van der Waals surface area contributed by atoms with E-state index in [1.807, 2.05) is 23.1 Å². The van der Waals surface area contributed by atoms with E-state index in [4.69, 9.17) is 4.74 Å². The first-order valence-electron chi connectivity index (χ1n) is 8.69. The van der Waals surface area contributed by atoms with Gasteiger partial charge in [0.15, 0.2) is 0 Å². The second-order valence-electron chi connectivity index (χ2n) is 7.05. The number of aromatic nitrogens is 1. The number of amides is 1. The Kier molecular flexibility index (Phi) is 5.06. The van der Waals surface area contributed by atoms with Gasteiger partial charge in [0.1, 0.15) is 5.82 Å². The van der Waals surface area contributed by atoms with Gasteiger partial charge in [0.05, 0.1) is 18.1 Å². The van der Waals surface area contributed by atoms with E-state index < -0.39 is 5.60 Å². The summed E-state index contributed by atoms with van der Waals surface area (Å²) in [4.78, 5) is 21.5. The van der Waals surface area contributed by atoms with Crippen LogP contribution >= 0.6 is 0 Å². The van der Waals surface area contributed by atoms with E-state index in [1.54, 1.807) is 13.3 Å². The molecule has 3 rings (SSSR count). The Labute approximate surface area is 143 Å². The molecule has 1 aromatic heterocycles. The van der Waals surface area contributed by atoms with E-state index >= 15 is 0 Å². The zero-order valence-corrected chi connectivity index (χ0v) is 14.5. The molecule has 0 aromatic carbocycles. The molecular weight excluding hydrogens is 306 g/mol. The zero-order valence-electron chi connectivity index (χ0n) is 14.5. The molecule has 1 amide bonds. The highest BCUT2D eigenvalue weighted by molar-refractivity contribution is 5.80. The number of piperidine rings is 1. The molecule has 2 aliphatic rings. The van der Waals surface area contributed by atoms with E-state index in [0.717, 1.165) is 18.9 Å². The predicted octanol–water partition coefficient (Wildman–Crippen LogP) is 1.15. The van der Waals surface area contributed by atoms with Crippen LogP contribution in [0.5, 0.6) is 0 Å². The molecule has 0 bridgehead atoms. The summed E-state index contributed by atoms with van der Waals surface area (Å²) < 4.78 is 5.47. The molecule has 2 saturated heterocycles. The third-order valence-corrected chi connectivity index (χ3v) is 5.61. The van der Waals surface area contributed by atoms with Gasteiger partial charge in [-0.1, -0.05) is 13.0 Å². The number of aliphatic hydroxyl groups is 1. The van der Waals surface area contributed by atoms with Crippen molar-refractivity contribution >= 4 is 11.7 Å². The van der Waals surface area contributed by atoms with Crippen LogP contribution in [0, 0.1) is 11.8 Å². The van der Waals surface area contributed by atoms with Crippen LogP contribution in [0.15, 0.2) is 24.4 Å². The molecule has 1 N–H and O–H groups in total. The highest BCUT2D eigenvalue weighted by Crippen LogP contribution is 2.31. The molecule has 2 atom stereocenters. The van der Waals surface area contributed by atoms with Gasteiger partial charge in [-0.3, -0.25) is 4.79 Å². The number of carbonyl (C=O) groups excluding carboxylic acids is 1. The Morgan fingerprint density at radius 3 is 2.71 bits per heavy atom. The molecule has 0 saturated carbocycles. The van der Waals surface area contributed by atoms with Gasteiger partial charge in [0, 0.05) is 39.5 Å². The average Bonchev–Trinajstić information content (AvgIpc) is 3.04. The second-order valence-corrected chi connectivity index (χ2v) is 7.05. The molecule has 0 aliphatic carbocycles. The van der Waals surface area contributed by atoms with E-state index in [2.05, 4.69) is 16.8 Å². The van der Waals surface area contributed by atoms with Crippen LogP contribution in [0.3, 0.4) is 0 Å². The van der Waals surface area contributed by atoms with Crippen molar-refractivity contribution in [1.82, 2.24) is 9.88 Å². The van der Waals surface area contributed by atoms with Gasteiger partial charge in [-0.2, -0.15) is 0 Å². The van der Waals surface area contributed by atoms with Crippen LogP contribution in [0.2, 0.25) is 0 Å². The summed E-state index contributed by atoms with van der Waals surface area (Å²) in [6.45, 7) is 5.05. The molecule has 3 heterocycles. The SMILES string of the molecule is COC1(CO)CCN(C(=O)[C@@H]2CN(c3ccccn3)C[C@H]2C)CC1. The number of methoxy groups -OCH3 is 1. The van der Waals surface area contributed by atoms with Crippen LogP contribution in [0.1, 0.15) is 19.8 Å². The Morgan fingerprint density at radius 1 is 1.38 bits per heavy atom. The van der Waals surface area contributed by atoms with Crippen LogP contribution in [0.25, 0.3) is 0 Å².